The van der Waals surface area contributed by atoms with Gasteiger partial charge in [-0.3, -0.25) is 4.68 Å². The predicted octanol–water partition coefficient (Wildman–Crippen LogP) is 4.82. The molecule has 5 nitrogen and oxygen atoms in total. The minimum atomic E-state index is -4.46. The first-order valence-electron chi connectivity index (χ1n) is 8.88. The number of alkyl halides is 3. The van der Waals surface area contributed by atoms with Gasteiger partial charge in [0.1, 0.15) is 0 Å². The second-order valence-corrected chi connectivity index (χ2v) is 6.82. The Kier molecular flexibility index (Phi) is 5.58. The zero-order valence-corrected chi connectivity index (χ0v) is 15.5. The van der Waals surface area contributed by atoms with Crippen molar-refractivity contribution in [1.29, 1.82) is 0 Å². The summed E-state index contributed by atoms with van der Waals surface area (Å²) in [7, 11) is 0. The first kappa shape index (κ1) is 19.7. The van der Waals surface area contributed by atoms with Gasteiger partial charge in [-0.25, -0.2) is 4.79 Å². The van der Waals surface area contributed by atoms with Crippen molar-refractivity contribution in [3.8, 4) is 0 Å². The van der Waals surface area contributed by atoms with Gasteiger partial charge in [0.05, 0.1) is 5.69 Å². The average molecular weight is 390 g/mol. The zero-order chi connectivity index (χ0) is 20.3. The Bertz CT molecular complexity index is 976. The number of aromatic nitrogens is 2. The third-order valence-corrected chi connectivity index (χ3v) is 4.41. The van der Waals surface area contributed by atoms with Crippen LogP contribution in [-0.4, -0.2) is 22.4 Å². The molecule has 0 spiro atoms. The third-order valence-electron chi connectivity index (χ3n) is 4.41. The minimum Gasteiger partial charge on any atom is -0.338 e. The fourth-order valence-corrected chi connectivity index (χ4v) is 2.96. The van der Waals surface area contributed by atoms with Gasteiger partial charge in [-0.2, -0.15) is 18.3 Å². The molecule has 2 N–H and O–H groups in total. The Morgan fingerprint density at radius 2 is 1.89 bits per heavy atom. The Balaban J connectivity index is 1.56. The lowest BCUT2D eigenvalue weighted by atomic mass is 10.1. The molecule has 2 amide bonds. The summed E-state index contributed by atoms with van der Waals surface area (Å²) in [6.07, 6.45) is -4.46. The predicted molar refractivity (Wildman–Crippen MR) is 102 cm³/mol. The molecule has 0 saturated carbocycles. The van der Waals surface area contributed by atoms with E-state index in [0.29, 0.717) is 17.9 Å². The van der Waals surface area contributed by atoms with Gasteiger partial charge in [-0.1, -0.05) is 43.3 Å². The summed E-state index contributed by atoms with van der Waals surface area (Å²) in [5.74, 6) is -0.0991. The number of benzene rings is 2. The van der Waals surface area contributed by atoms with Gasteiger partial charge in [0.2, 0.25) is 0 Å². The highest BCUT2D eigenvalue weighted by Crippen LogP contribution is 2.28. The van der Waals surface area contributed by atoms with E-state index in [-0.39, 0.29) is 18.5 Å². The van der Waals surface area contributed by atoms with Crippen LogP contribution in [-0.2, 0) is 12.7 Å². The van der Waals surface area contributed by atoms with E-state index in [2.05, 4.69) is 15.7 Å². The summed E-state index contributed by atoms with van der Waals surface area (Å²) in [4.78, 5) is 12.2. The molecule has 1 aromatic heterocycles. The van der Waals surface area contributed by atoms with E-state index in [1.165, 1.54) is 4.68 Å². The number of anilines is 1. The average Bonchev–Trinajstić information content (AvgIpc) is 3.01. The number of amides is 2. The third kappa shape index (κ3) is 4.62. The van der Waals surface area contributed by atoms with Crippen molar-refractivity contribution in [2.45, 2.75) is 26.6 Å². The first-order chi connectivity index (χ1) is 13.2. The molecule has 0 aliphatic carbocycles. The van der Waals surface area contributed by atoms with Gasteiger partial charge in [0, 0.05) is 24.2 Å². The molecule has 1 unspecified atom stereocenters. The monoisotopic (exact) mass is 390 g/mol. The maximum atomic E-state index is 12.7. The number of aryl methyl sites for hydroxylation is 1. The molecule has 8 heteroatoms. The number of rotatable bonds is 5. The summed E-state index contributed by atoms with van der Waals surface area (Å²) in [6, 6.07) is 14.0. The van der Waals surface area contributed by atoms with E-state index >= 15 is 0 Å². The van der Waals surface area contributed by atoms with Crippen LogP contribution in [0.4, 0.5) is 23.7 Å². The van der Waals surface area contributed by atoms with Crippen LogP contribution in [0.3, 0.4) is 0 Å². The van der Waals surface area contributed by atoms with Crippen molar-refractivity contribution in [3.63, 3.8) is 0 Å². The maximum absolute atomic E-state index is 12.7. The van der Waals surface area contributed by atoms with E-state index in [4.69, 9.17) is 0 Å². The number of hydrogen-bond donors (Lipinski definition) is 2. The molecule has 2 aromatic carbocycles. The number of nitrogens with zero attached hydrogens (tertiary/aromatic N) is 2. The summed E-state index contributed by atoms with van der Waals surface area (Å²) in [5.41, 5.74) is 0.222. The van der Waals surface area contributed by atoms with Gasteiger partial charge in [0.25, 0.3) is 0 Å². The Labute approximate surface area is 160 Å². The Morgan fingerprint density at radius 3 is 2.61 bits per heavy atom. The van der Waals surface area contributed by atoms with Crippen molar-refractivity contribution in [2.75, 3.05) is 11.9 Å². The minimum absolute atomic E-state index is 0.0991. The molecule has 0 saturated heterocycles. The highest BCUT2D eigenvalue weighted by Gasteiger charge is 2.34. The molecule has 148 valence electrons. The summed E-state index contributed by atoms with van der Waals surface area (Å²) in [5, 5.41) is 11.1. The topological polar surface area (TPSA) is 59.0 Å². The van der Waals surface area contributed by atoms with Crippen molar-refractivity contribution in [3.05, 3.63) is 59.9 Å². The van der Waals surface area contributed by atoms with Gasteiger partial charge < -0.3 is 10.6 Å². The molecular weight excluding hydrogens is 369 g/mol. The molecule has 0 aliphatic heterocycles. The molecule has 3 rings (SSSR count). The largest absolute Gasteiger partial charge is 0.435 e. The summed E-state index contributed by atoms with van der Waals surface area (Å²) >= 11 is 0. The molecule has 0 fully saturated rings. The maximum Gasteiger partial charge on any atom is 0.435 e. The lowest BCUT2D eigenvalue weighted by Gasteiger charge is -2.15. The van der Waals surface area contributed by atoms with Gasteiger partial charge >= 0.3 is 12.2 Å². The molecular formula is C20H21F3N4O. The van der Waals surface area contributed by atoms with Crippen LogP contribution in [0, 0.1) is 12.8 Å². The molecule has 3 aromatic rings. The fraction of sp³-hybridized carbons (Fsp3) is 0.300. The van der Waals surface area contributed by atoms with Crippen LogP contribution in [0.1, 0.15) is 18.3 Å². The van der Waals surface area contributed by atoms with E-state index in [1.807, 2.05) is 49.4 Å². The van der Waals surface area contributed by atoms with Crippen molar-refractivity contribution in [1.82, 2.24) is 15.1 Å². The van der Waals surface area contributed by atoms with Gasteiger partial charge in [-0.05, 0) is 30.4 Å². The number of urea groups is 1. The Hall–Kier alpha value is -3.03. The lowest BCUT2D eigenvalue weighted by molar-refractivity contribution is -0.141. The SMILES string of the molecule is Cc1cc(C(F)(F)F)nn1CC(C)CNC(=O)Nc1cccc2ccccc12. The molecule has 0 radical (unpaired) electrons. The van der Waals surface area contributed by atoms with E-state index in [9.17, 15) is 18.0 Å². The van der Waals surface area contributed by atoms with Crippen LogP contribution in [0.2, 0.25) is 0 Å². The smallest absolute Gasteiger partial charge is 0.338 e. The number of fused-ring (bicyclic) bond motifs is 1. The number of halogens is 3. The summed E-state index contributed by atoms with van der Waals surface area (Å²) in [6.45, 7) is 4.00. The molecule has 0 aliphatic rings. The molecule has 28 heavy (non-hydrogen) atoms. The van der Waals surface area contributed by atoms with Crippen LogP contribution in [0.15, 0.2) is 48.5 Å². The van der Waals surface area contributed by atoms with Crippen LogP contribution in [0.25, 0.3) is 10.8 Å². The van der Waals surface area contributed by atoms with Crippen molar-refractivity contribution in [2.24, 2.45) is 5.92 Å². The van der Waals surface area contributed by atoms with Crippen molar-refractivity contribution >= 4 is 22.5 Å². The van der Waals surface area contributed by atoms with Gasteiger partial charge in [0.15, 0.2) is 5.69 Å². The second-order valence-electron chi connectivity index (χ2n) is 6.82. The quantitative estimate of drug-likeness (QED) is 0.656. The van der Waals surface area contributed by atoms with E-state index in [1.54, 1.807) is 6.92 Å². The number of hydrogen-bond acceptors (Lipinski definition) is 2. The number of carbonyl (C=O) groups excluding carboxylic acids is 1. The van der Waals surface area contributed by atoms with Crippen molar-refractivity contribution < 1.29 is 18.0 Å². The summed E-state index contributed by atoms with van der Waals surface area (Å²) < 4.78 is 39.6. The Morgan fingerprint density at radius 1 is 1.18 bits per heavy atom. The normalized spacial score (nSPS) is 12.8. The highest BCUT2D eigenvalue weighted by atomic mass is 19.4. The van der Waals surface area contributed by atoms with Crippen LogP contribution < -0.4 is 10.6 Å². The van der Waals surface area contributed by atoms with E-state index in [0.717, 1.165) is 16.8 Å². The van der Waals surface area contributed by atoms with E-state index < -0.39 is 11.9 Å². The highest BCUT2D eigenvalue weighted by molar-refractivity contribution is 6.01. The molecule has 0 bridgehead atoms. The molecule has 1 atom stereocenters. The molecule has 1 heterocycles. The van der Waals surface area contributed by atoms with Crippen LogP contribution in [0.5, 0.6) is 0 Å². The standard InChI is InChI=1S/C20H21F3N4O/c1-13(12-27-14(2)10-18(26-27)20(21,22)23)11-24-19(28)25-17-9-5-7-15-6-3-4-8-16(15)17/h3-10,13H,11-12H2,1-2H3,(H2,24,25,28). The second kappa shape index (κ2) is 7.92. The van der Waals surface area contributed by atoms with Crippen LogP contribution >= 0.6 is 0 Å². The number of nitrogens with one attached hydrogen (secondary N) is 2. The first-order valence-corrected chi connectivity index (χ1v) is 8.88. The fourth-order valence-electron chi connectivity index (χ4n) is 2.96. The number of carbonyl (C=O) groups is 1. The zero-order valence-electron chi connectivity index (χ0n) is 15.5. The lowest BCUT2D eigenvalue weighted by Crippen LogP contribution is -2.33. The van der Waals surface area contributed by atoms with Gasteiger partial charge in [-0.15, -0.1) is 0 Å².